The lowest BCUT2D eigenvalue weighted by Crippen LogP contribution is -2.33. The van der Waals surface area contributed by atoms with Gasteiger partial charge in [0, 0.05) is 25.6 Å². The number of hydrogen-bond donors (Lipinski definition) is 1. The molecule has 1 aliphatic carbocycles. The highest BCUT2D eigenvalue weighted by Crippen LogP contribution is 2.39. The average molecular weight is 276 g/mol. The molecule has 110 valence electrons. The Hall–Kier alpha value is -1.36. The van der Waals surface area contributed by atoms with Crippen molar-refractivity contribution in [2.45, 2.75) is 38.0 Å². The van der Waals surface area contributed by atoms with Crippen molar-refractivity contribution in [3.63, 3.8) is 0 Å². The van der Waals surface area contributed by atoms with Crippen LogP contribution in [0.2, 0.25) is 0 Å². The fourth-order valence-electron chi connectivity index (χ4n) is 2.63. The SMILES string of the molecule is CNc1cc(OCCN2CCCCC2)nc(C2CC2)n1. The second kappa shape index (κ2) is 6.39. The van der Waals surface area contributed by atoms with Gasteiger partial charge in [-0.15, -0.1) is 0 Å². The van der Waals surface area contributed by atoms with Crippen LogP contribution in [0.1, 0.15) is 43.8 Å². The molecule has 0 unspecified atom stereocenters. The Bertz CT molecular complexity index is 441. The molecule has 0 spiro atoms. The van der Waals surface area contributed by atoms with Gasteiger partial charge in [-0.25, -0.2) is 4.98 Å². The first-order chi connectivity index (χ1) is 9.85. The molecule has 20 heavy (non-hydrogen) atoms. The number of rotatable bonds is 6. The van der Waals surface area contributed by atoms with E-state index < -0.39 is 0 Å². The number of ether oxygens (including phenoxy) is 1. The van der Waals surface area contributed by atoms with E-state index in [4.69, 9.17) is 4.74 Å². The van der Waals surface area contributed by atoms with Crippen molar-refractivity contribution in [3.05, 3.63) is 11.9 Å². The standard InChI is InChI=1S/C15H24N4O/c1-16-13-11-14(18-15(17-13)12-5-6-12)20-10-9-19-7-3-2-4-8-19/h11-12H,2-10H2,1H3,(H,16,17,18). The summed E-state index contributed by atoms with van der Waals surface area (Å²) in [6.07, 6.45) is 6.44. The van der Waals surface area contributed by atoms with Gasteiger partial charge < -0.3 is 10.1 Å². The fourth-order valence-corrected chi connectivity index (χ4v) is 2.63. The molecule has 0 radical (unpaired) electrons. The maximum absolute atomic E-state index is 5.84. The van der Waals surface area contributed by atoms with Gasteiger partial charge in [-0.2, -0.15) is 4.98 Å². The number of anilines is 1. The number of aromatic nitrogens is 2. The van der Waals surface area contributed by atoms with E-state index in [-0.39, 0.29) is 0 Å². The average Bonchev–Trinajstić information content (AvgIpc) is 3.33. The predicted molar refractivity (Wildman–Crippen MR) is 79.3 cm³/mol. The highest BCUT2D eigenvalue weighted by atomic mass is 16.5. The summed E-state index contributed by atoms with van der Waals surface area (Å²) < 4.78 is 5.84. The van der Waals surface area contributed by atoms with Gasteiger partial charge in [-0.05, 0) is 38.8 Å². The van der Waals surface area contributed by atoms with Gasteiger partial charge in [0.15, 0.2) is 0 Å². The van der Waals surface area contributed by atoms with E-state index in [0.717, 1.165) is 18.2 Å². The summed E-state index contributed by atoms with van der Waals surface area (Å²) in [5.41, 5.74) is 0. The fraction of sp³-hybridized carbons (Fsp3) is 0.733. The maximum Gasteiger partial charge on any atom is 0.218 e. The second-order valence-electron chi connectivity index (χ2n) is 5.72. The summed E-state index contributed by atoms with van der Waals surface area (Å²) in [6.45, 7) is 4.13. The van der Waals surface area contributed by atoms with E-state index in [1.165, 1.54) is 45.2 Å². The number of nitrogens with one attached hydrogen (secondary N) is 1. The minimum atomic E-state index is 0.549. The molecule has 1 aromatic rings. The summed E-state index contributed by atoms with van der Waals surface area (Å²) in [4.78, 5) is 11.5. The van der Waals surface area contributed by atoms with Crippen LogP contribution < -0.4 is 10.1 Å². The molecule has 1 aromatic heterocycles. The van der Waals surface area contributed by atoms with Crippen molar-refractivity contribution >= 4 is 5.82 Å². The molecule has 1 N–H and O–H groups in total. The minimum Gasteiger partial charge on any atom is -0.476 e. The van der Waals surface area contributed by atoms with Gasteiger partial charge >= 0.3 is 0 Å². The molecule has 0 aromatic carbocycles. The van der Waals surface area contributed by atoms with Crippen molar-refractivity contribution in [2.75, 3.05) is 38.6 Å². The number of nitrogens with zero attached hydrogens (tertiary/aromatic N) is 3. The first-order valence-electron chi connectivity index (χ1n) is 7.77. The van der Waals surface area contributed by atoms with E-state index in [1.54, 1.807) is 0 Å². The van der Waals surface area contributed by atoms with Crippen molar-refractivity contribution in [2.24, 2.45) is 0 Å². The zero-order valence-electron chi connectivity index (χ0n) is 12.3. The molecule has 5 heteroatoms. The monoisotopic (exact) mass is 276 g/mol. The van der Waals surface area contributed by atoms with E-state index in [0.29, 0.717) is 18.4 Å². The minimum absolute atomic E-state index is 0.549. The van der Waals surface area contributed by atoms with Gasteiger partial charge in [0.1, 0.15) is 18.2 Å². The van der Waals surface area contributed by atoms with Gasteiger partial charge in [0.25, 0.3) is 0 Å². The summed E-state index contributed by atoms with van der Waals surface area (Å²) in [5.74, 6) is 3.05. The van der Waals surface area contributed by atoms with Crippen LogP contribution in [0.4, 0.5) is 5.82 Å². The lowest BCUT2D eigenvalue weighted by molar-refractivity contribution is 0.180. The maximum atomic E-state index is 5.84. The van der Waals surface area contributed by atoms with Crippen LogP contribution in [0.25, 0.3) is 0 Å². The molecule has 0 amide bonds. The molecule has 3 rings (SSSR count). The van der Waals surface area contributed by atoms with Gasteiger partial charge in [-0.1, -0.05) is 6.42 Å². The normalized spacial score (nSPS) is 19.9. The lowest BCUT2D eigenvalue weighted by atomic mass is 10.1. The number of piperidine rings is 1. The van der Waals surface area contributed by atoms with Crippen LogP contribution in [0, 0.1) is 0 Å². The largest absolute Gasteiger partial charge is 0.476 e. The number of likely N-dealkylation sites (tertiary alicyclic amines) is 1. The first kappa shape index (κ1) is 13.6. The number of hydrogen-bond acceptors (Lipinski definition) is 5. The van der Waals surface area contributed by atoms with Crippen LogP contribution in [0.3, 0.4) is 0 Å². The summed E-state index contributed by atoms with van der Waals surface area (Å²) in [7, 11) is 1.89. The third-order valence-corrected chi connectivity index (χ3v) is 4.02. The van der Waals surface area contributed by atoms with Gasteiger partial charge in [0.2, 0.25) is 5.88 Å². The Balaban J connectivity index is 1.54. The van der Waals surface area contributed by atoms with Crippen LogP contribution in [0.5, 0.6) is 5.88 Å². The molecule has 0 bridgehead atoms. The third kappa shape index (κ3) is 3.60. The molecule has 2 heterocycles. The van der Waals surface area contributed by atoms with E-state index in [1.807, 2.05) is 13.1 Å². The molecule has 2 fully saturated rings. The Morgan fingerprint density at radius 1 is 1.25 bits per heavy atom. The van der Waals surface area contributed by atoms with E-state index in [2.05, 4.69) is 20.2 Å². The van der Waals surface area contributed by atoms with Gasteiger partial charge in [0.05, 0.1) is 0 Å². The van der Waals surface area contributed by atoms with E-state index in [9.17, 15) is 0 Å². The smallest absolute Gasteiger partial charge is 0.218 e. The van der Waals surface area contributed by atoms with Crippen LogP contribution >= 0.6 is 0 Å². The first-order valence-corrected chi connectivity index (χ1v) is 7.77. The van der Waals surface area contributed by atoms with Crippen LogP contribution in [-0.2, 0) is 0 Å². The van der Waals surface area contributed by atoms with Crippen molar-refractivity contribution in [3.8, 4) is 5.88 Å². The second-order valence-corrected chi connectivity index (χ2v) is 5.72. The Morgan fingerprint density at radius 3 is 2.75 bits per heavy atom. The molecule has 1 saturated carbocycles. The highest BCUT2D eigenvalue weighted by Gasteiger charge is 2.27. The van der Waals surface area contributed by atoms with Crippen molar-refractivity contribution in [1.82, 2.24) is 14.9 Å². The van der Waals surface area contributed by atoms with Crippen molar-refractivity contribution < 1.29 is 4.74 Å². The van der Waals surface area contributed by atoms with Crippen LogP contribution in [0.15, 0.2) is 6.07 Å². The Morgan fingerprint density at radius 2 is 2.05 bits per heavy atom. The predicted octanol–water partition coefficient (Wildman–Crippen LogP) is 2.26. The molecular formula is C15H24N4O. The zero-order chi connectivity index (χ0) is 13.8. The quantitative estimate of drug-likeness (QED) is 0.863. The summed E-state index contributed by atoms with van der Waals surface area (Å²) in [5, 5.41) is 3.09. The van der Waals surface area contributed by atoms with Gasteiger partial charge in [-0.3, -0.25) is 4.90 Å². The molecule has 5 nitrogen and oxygen atoms in total. The topological polar surface area (TPSA) is 50.3 Å². The Kier molecular flexibility index (Phi) is 4.35. The lowest BCUT2D eigenvalue weighted by Gasteiger charge is -2.26. The third-order valence-electron chi connectivity index (χ3n) is 4.02. The van der Waals surface area contributed by atoms with Crippen molar-refractivity contribution in [1.29, 1.82) is 0 Å². The summed E-state index contributed by atoms with van der Waals surface area (Å²) in [6, 6.07) is 1.89. The molecule has 1 saturated heterocycles. The van der Waals surface area contributed by atoms with Crippen LogP contribution in [-0.4, -0.2) is 48.2 Å². The zero-order valence-corrected chi connectivity index (χ0v) is 12.3. The molecule has 1 aliphatic heterocycles. The molecule has 2 aliphatic rings. The Labute approximate surface area is 120 Å². The summed E-state index contributed by atoms with van der Waals surface area (Å²) >= 11 is 0. The highest BCUT2D eigenvalue weighted by molar-refractivity contribution is 5.38. The van der Waals surface area contributed by atoms with E-state index >= 15 is 0 Å². The molecular weight excluding hydrogens is 252 g/mol. The molecule has 0 atom stereocenters.